The SMILES string of the molecule is Cc1ccn(CC(=O)NC(N)=O)c1C(=O)O. The number of hydrogen-bond acceptors (Lipinski definition) is 3. The Morgan fingerprint density at radius 3 is 2.62 bits per heavy atom. The van der Waals surface area contributed by atoms with E-state index in [1.165, 1.54) is 10.8 Å². The lowest BCUT2D eigenvalue weighted by Gasteiger charge is -2.05. The summed E-state index contributed by atoms with van der Waals surface area (Å²) >= 11 is 0. The molecule has 86 valence electrons. The van der Waals surface area contributed by atoms with Gasteiger partial charge in [0.15, 0.2) is 0 Å². The van der Waals surface area contributed by atoms with Gasteiger partial charge in [-0.1, -0.05) is 0 Å². The number of aromatic carboxylic acids is 1. The van der Waals surface area contributed by atoms with Gasteiger partial charge < -0.3 is 15.4 Å². The molecule has 0 aliphatic heterocycles. The number of rotatable bonds is 3. The van der Waals surface area contributed by atoms with Crippen LogP contribution in [0.4, 0.5) is 4.79 Å². The van der Waals surface area contributed by atoms with Crippen molar-refractivity contribution >= 4 is 17.9 Å². The molecule has 4 N–H and O–H groups in total. The first-order valence-corrected chi connectivity index (χ1v) is 4.40. The van der Waals surface area contributed by atoms with Crippen LogP contribution in [0.15, 0.2) is 12.3 Å². The van der Waals surface area contributed by atoms with E-state index in [0.717, 1.165) is 0 Å². The zero-order valence-corrected chi connectivity index (χ0v) is 8.56. The van der Waals surface area contributed by atoms with Crippen molar-refractivity contribution in [2.24, 2.45) is 5.73 Å². The highest BCUT2D eigenvalue weighted by atomic mass is 16.4. The van der Waals surface area contributed by atoms with Gasteiger partial charge >= 0.3 is 12.0 Å². The lowest BCUT2D eigenvalue weighted by Crippen LogP contribution is -2.37. The van der Waals surface area contributed by atoms with Crippen LogP contribution in [-0.2, 0) is 11.3 Å². The fourth-order valence-electron chi connectivity index (χ4n) is 1.34. The number of aryl methyl sites for hydroxylation is 1. The molecule has 7 heteroatoms. The molecule has 3 amide bonds. The van der Waals surface area contributed by atoms with E-state index in [1.54, 1.807) is 13.0 Å². The van der Waals surface area contributed by atoms with Gasteiger partial charge in [-0.2, -0.15) is 0 Å². The van der Waals surface area contributed by atoms with E-state index >= 15 is 0 Å². The number of nitrogens with zero attached hydrogens (tertiary/aromatic N) is 1. The minimum atomic E-state index is -1.13. The number of carboxylic acid groups (broad SMARTS) is 1. The van der Waals surface area contributed by atoms with E-state index in [9.17, 15) is 14.4 Å². The number of hydrogen-bond donors (Lipinski definition) is 3. The van der Waals surface area contributed by atoms with Gasteiger partial charge in [0.1, 0.15) is 12.2 Å². The summed E-state index contributed by atoms with van der Waals surface area (Å²) in [4.78, 5) is 32.4. The van der Waals surface area contributed by atoms with Crippen LogP contribution in [0.25, 0.3) is 0 Å². The maximum atomic E-state index is 11.2. The van der Waals surface area contributed by atoms with E-state index in [-0.39, 0.29) is 12.2 Å². The molecule has 0 saturated heterocycles. The zero-order valence-electron chi connectivity index (χ0n) is 8.56. The van der Waals surface area contributed by atoms with Crippen molar-refractivity contribution in [3.8, 4) is 0 Å². The quantitative estimate of drug-likeness (QED) is 0.654. The number of amides is 3. The Balaban J connectivity index is 2.85. The van der Waals surface area contributed by atoms with Crippen molar-refractivity contribution in [1.29, 1.82) is 0 Å². The Kier molecular flexibility index (Phi) is 3.29. The predicted molar refractivity (Wildman–Crippen MR) is 53.9 cm³/mol. The lowest BCUT2D eigenvalue weighted by molar-refractivity contribution is -0.120. The van der Waals surface area contributed by atoms with Crippen molar-refractivity contribution in [3.05, 3.63) is 23.5 Å². The summed E-state index contributed by atoms with van der Waals surface area (Å²) in [6, 6.07) is 0.604. The molecule has 0 bridgehead atoms. The normalized spacial score (nSPS) is 9.81. The number of nitrogens with one attached hydrogen (secondary N) is 1. The van der Waals surface area contributed by atoms with Crippen LogP contribution in [-0.4, -0.2) is 27.6 Å². The van der Waals surface area contributed by atoms with Crippen molar-refractivity contribution in [3.63, 3.8) is 0 Å². The Labute approximate surface area is 90.8 Å². The molecule has 0 aromatic carbocycles. The molecule has 0 spiro atoms. The second-order valence-corrected chi connectivity index (χ2v) is 3.19. The summed E-state index contributed by atoms with van der Waals surface area (Å²) < 4.78 is 1.23. The summed E-state index contributed by atoms with van der Waals surface area (Å²) in [6.45, 7) is 1.35. The Morgan fingerprint density at radius 1 is 1.50 bits per heavy atom. The van der Waals surface area contributed by atoms with E-state index in [1.807, 2.05) is 5.32 Å². The van der Waals surface area contributed by atoms with Gasteiger partial charge in [-0.25, -0.2) is 9.59 Å². The first-order valence-electron chi connectivity index (χ1n) is 4.40. The zero-order chi connectivity index (χ0) is 12.3. The molecule has 1 rings (SSSR count). The molecule has 0 radical (unpaired) electrons. The first kappa shape index (κ1) is 11.8. The number of primary amides is 1. The number of carbonyl (C=O) groups is 3. The van der Waals surface area contributed by atoms with Gasteiger partial charge in [0, 0.05) is 6.20 Å². The average Bonchev–Trinajstić information content (AvgIpc) is 2.45. The molecule has 1 aromatic rings. The van der Waals surface area contributed by atoms with Gasteiger partial charge in [0.2, 0.25) is 5.91 Å². The summed E-state index contributed by atoms with van der Waals surface area (Å²) in [7, 11) is 0. The van der Waals surface area contributed by atoms with Gasteiger partial charge in [0.25, 0.3) is 0 Å². The second-order valence-electron chi connectivity index (χ2n) is 3.19. The Morgan fingerprint density at radius 2 is 2.12 bits per heavy atom. The van der Waals surface area contributed by atoms with Crippen LogP contribution >= 0.6 is 0 Å². The molecule has 7 nitrogen and oxygen atoms in total. The predicted octanol–water partition coefficient (Wildman–Crippen LogP) is -0.310. The smallest absolute Gasteiger partial charge is 0.352 e. The van der Waals surface area contributed by atoms with Crippen LogP contribution in [0.5, 0.6) is 0 Å². The number of nitrogens with two attached hydrogens (primary N) is 1. The van der Waals surface area contributed by atoms with E-state index in [4.69, 9.17) is 10.8 Å². The molecule has 0 aliphatic carbocycles. The van der Waals surface area contributed by atoms with Crippen LogP contribution in [0.2, 0.25) is 0 Å². The highest BCUT2D eigenvalue weighted by Crippen LogP contribution is 2.09. The van der Waals surface area contributed by atoms with E-state index in [2.05, 4.69) is 0 Å². The second kappa shape index (κ2) is 4.47. The van der Waals surface area contributed by atoms with Gasteiger partial charge in [0.05, 0.1) is 0 Å². The molecule has 0 saturated carbocycles. The number of carboxylic acids is 1. The number of carbonyl (C=O) groups excluding carboxylic acids is 2. The third-order valence-electron chi connectivity index (χ3n) is 1.94. The van der Waals surface area contributed by atoms with Crippen molar-refractivity contribution in [2.45, 2.75) is 13.5 Å². The first-order chi connectivity index (χ1) is 7.41. The standard InChI is InChI=1S/C9H11N3O4/c1-5-2-3-12(7(5)8(14)15)4-6(13)11-9(10)16/h2-3H,4H2,1H3,(H,14,15)(H3,10,11,13,16). The highest BCUT2D eigenvalue weighted by molar-refractivity contribution is 5.94. The molecule has 16 heavy (non-hydrogen) atoms. The third kappa shape index (κ3) is 2.59. The summed E-state index contributed by atoms with van der Waals surface area (Å²) in [5.74, 6) is -1.79. The maximum Gasteiger partial charge on any atom is 0.352 e. The molecular formula is C9H11N3O4. The van der Waals surface area contributed by atoms with Crippen LogP contribution in [0.1, 0.15) is 16.1 Å². The van der Waals surface area contributed by atoms with Crippen molar-refractivity contribution in [1.82, 2.24) is 9.88 Å². The topological polar surface area (TPSA) is 114 Å². The number of urea groups is 1. The molecule has 0 fully saturated rings. The lowest BCUT2D eigenvalue weighted by atomic mass is 10.3. The monoisotopic (exact) mass is 225 g/mol. The fraction of sp³-hybridized carbons (Fsp3) is 0.222. The van der Waals surface area contributed by atoms with Gasteiger partial charge in [-0.15, -0.1) is 0 Å². The van der Waals surface area contributed by atoms with Gasteiger partial charge in [-0.3, -0.25) is 10.1 Å². The number of aromatic nitrogens is 1. The molecule has 0 atom stereocenters. The average molecular weight is 225 g/mol. The maximum absolute atomic E-state index is 11.2. The highest BCUT2D eigenvalue weighted by Gasteiger charge is 2.15. The Hall–Kier alpha value is -2.31. The van der Waals surface area contributed by atoms with E-state index < -0.39 is 17.9 Å². The van der Waals surface area contributed by atoms with E-state index in [0.29, 0.717) is 5.56 Å². The minimum absolute atomic E-state index is 0.0135. The molecule has 1 aromatic heterocycles. The van der Waals surface area contributed by atoms with Crippen molar-refractivity contribution in [2.75, 3.05) is 0 Å². The van der Waals surface area contributed by atoms with Crippen LogP contribution in [0.3, 0.4) is 0 Å². The summed E-state index contributed by atoms with van der Waals surface area (Å²) in [6.07, 6.45) is 1.46. The van der Waals surface area contributed by atoms with Crippen LogP contribution in [0, 0.1) is 6.92 Å². The van der Waals surface area contributed by atoms with Crippen molar-refractivity contribution < 1.29 is 19.5 Å². The molecule has 0 unspecified atom stereocenters. The largest absolute Gasteiger partial charge is 0.477 e. The fourth-order valence-corrected chi connectivity index (χ4v) is 1.34. The molecule has 0 aliphatic rings. The Bertz CT molecular complexity index is 450. The summed E-state index contributed by atoms with van der Waals surface area (Å²) in [5.41, 5.74) is 5.31. The van der Waals surface area contributed by atoms with Crippen LogP contribution < -0.4 is 11.1 Å². The summed E-state index contributed by atoms with van der Waals surface area (Å²) in [5, 5.41) is 10.7. The number of imide groups is 1. The third-order valence-corrected chi connectivity index (χ3v) is 1.94. The minimum Gasteiger partial charge on any atom is -0.477 e. The molecular weight excluding hydrogens is 214 g/mol. The van der Waals surface area contributed by atoms with Gasteiger partial charge in [-0.05, 0) is 18.6 Å². The molecule has 1 heterocycles.